The molecule has 1 N–H and O–H groups in total. The van der Waals surface area contributed by atoms with Gasteiger partial charge in [0.1, 0.15) is 5.82 Å². The van der Waals surface area contributed by atoms with E-state index >= 15 is 0 Å². The molecular weight excluding hydrogens is 281 g/mol. The molecule has 4 nitrogen and oxygen atoms in total. The number of nitrogens with zero attached hydrogens (tertiary/aromatic N) is 2. The molecule has 120 valence electrons. The molecule has 1 spiro atoms. The van der Waals surface area contributed by atoms with Gasteiger partial charge in [0.15, 0.2) is 0 Å². The van der Waals surface area contributed by atoms with Gasteiger partial charge in [-0.15, -0.1) is 0 Å². The SMILES string of the molecule is Cc1cc(F)cc(C2CCC3(CC2)CNC(=O)N3N(C)C)c1. The van der Waals surface area contributed by atoms with E-state index in [1.165, 1.54) is 0 Å². The number of amides is 2. The lowest BCUT2D eigenvalue weighted by atomic mass is 9.74. The lowest BCUT2D eigenvalue weighted by molar-refractivity contribution is -0.0263. The third-order valence-electron chi connectivity index (χ3n) is 5.06. The van der Waals surface area contributed by atoms with Crippen LogP contribution in [0.2, 0.25) is 0 Å². The highest BCUT2D eigenvalue weighted by atomic mass is 19.1. The van der Waals surface area contributed by atoms with Crippen LogP contribution in [-0.4, -0.2) is 42.2 Å². The van der Waals surface area contributed by atoms with E-state index in [-0.39, 0.29) is 17.4 Å². The van der Waals surface area contributed by atoms with Crippen molar-refractivity contribution in [2.45, 2.75) is 44.1 Å². The van der Waals surface area contributed by atoms with Crippen LogP contribution in [0.25, 0.3) is 0 Å². The van der Waals surface area contributed by atoms with Gasteiger partial charge < -0.3 is 5.32 Å². The van der Waals surface area contributed by atoms with Gasteiger partial charge in [-0.25, -0.2) is 19.2 Å². The summed E-state index contributed by atoms with van der Waals surface area (Å²) in [4.78, 5) is 12.1. The van der Waals surface area contributed by atoms with E-state index < -0.39 is 0 Å². The van der Waals surface area contributed by atoms with Gasteiger partial charge in [0, 0.05) is 20.6 Å². The summed E-state index contributed by atoms with van der Waals surface area (Å²) in [7, 11) is 3.82. The van der Waals surface area contributed by atoms with Gasteiger partial charge in [-0.05, 0) is 61.8 Å². The van der Waals surface area contributed by atoms with Crippen LogP contribution in [0.3, 0.4) is 0 Å². The predicted octanol–water partition coefficient (Wildman–Crippen LogP) is 3.03. The summed E-state index contributed by atoms with van der Waals surface area (Å²) < 4.78 is 13.6. The molecule has 3 rings (SSSR count). The average Bonchev–Trinajstić information content (AvgIpc) is 2.75. The van der Waals surface area contributed by atoms with E-state index in [4.69, 9.17) is 0 Å². The van der Waals surface area contributed by atoms with Crippen molar-refractivity contribution >= 4 is 6.03 Å². The smallest absolute Gasteiger partial charge is 0.332 e. The molecule has 1 saturated carbocycles. The van der Waals surface area contributed by atoms with E-state index in [1.54, 1.807) is 12.1 Å². The maximum absolute atomic E-state index is 13.6. The van der Waals surface area contributed by atoms with Gasteiger partial charge in [-0.3, -0.25) is 0 Å². The summed E-state index contributed by atoms with van der Waals surface area (Å²) in [5, 5.41) is 6.71. The molecule has 1 aliphatic heterocycles. The fourth-order valence-corrected chi connectivity index (χ4v) is 4.09. The Kier molecular flexibility index (Phi) is 3.85. The number of hydrogen-bond acceptors (Lipinski definition) is 2. The van der Waals surface area contributed by atoms with Crippen LogP contribution in [-0.2, 0) is 0 Å². The fourth-order valence-electron chi connectivity index (χ4n) is 4.09. The highest BCUT2D eigenvalue weighted by molar-refractivity contribution is 5.77. The molecule has 2 amide bonds. The van der Waals surface area contributed by atoms with E-state index in [0.29, 0.717) is 12.5 Å². The van der Waals surface area contributed by atoms with Crippen molar-refractivity contribution in [1.82, 2.24) is 15.3 Å². The first-order chi connectivity index (χ1) is 10.4. The highest BCUT2D eigenvalue weighted by Gasteiger charge is 2.48. The summed E-state index contributed by atoms with van der Waals surface area (Å²) in [6, 6.07) is 5.32. The molecule has 1 saturated heterocycles. The number of hydrogen-bond donors (Lipinski definition) is 1. The number of urea groups is 1. The minimum atomic E-state index is -0.150. The summed E-state index contributed by atoms with van der Waals surface area (Å²) in [5.41, 5.74) is 1.96. The summed E-state index contributed by atoms with van der Waals surface area (Å²) >= 11 is 0. The number of rotatable bonds is 2. The Hall–Kier alpha value is -1.62. The Balaban J connectivity index is 1.76. The molecular formula is C17H24FN3O. The maximum atomic E-state index is 13.6. The van der Waals surface area contributed by atoms with E-state index in [2.05, 4.69) is 11.4 Å². The van der Waals surface area contributed by atoms with Crippen LogP contribution < -0.4 is 5.32 Å². The van der Waals surface area contributed by atoms with E-state index in [9.17, 15) is 9.18 Å². The van der Waals surface area contributed by atoms with Gasteiger partial charge in [0.2, 0.25) is 0 Å². The van der Waals surface area contributed by atoms with Crippen molar-refractivity contribution in [3.63, 3.8) is 0 Å². The average molecular weight is 305 g/mol. The van der Waals surface area contributed by atoms with Crippen LogP contribution in [0.15, 0.2) is 18.2 Å². The molecule has 5 heteroatoms. The van der Waals surface area contributed by atoms with Gasteiger partial charge in [-0.2, -0.15) is 0 Å². The van der Waals surface area contributed by atoms with Gasteiger partial charge in [0.05, 0.1) is 5.54 Å². The number of carbonyl (C=O) groups excluding carboxylic acids is 1. The largest absolute Gasteiger partial charge is 0.334 e. The monoisotopic (exact) mass is 305 g/mol. The first-order valence-corrected chi connectivity index (χ1v) is 7.94. The topological polar surface area (TPSA) is 35.6 Å². The van der Waals surface area contributed by atoms with Gasteiger partial charge in [0.25, 0.3) is 0 Å². The minimum absolute atomic E-state index is 0.00921. The van der Waals surface area contributed by atoms with Crippen LogP contribution in [0.4, 0.5) is 9.18 Å². The van der Waals surface area contributed by atoms with Crippen molar-refractivity contribution in [2.24, 2.45) is 0 Å². The quantitative estimate of drug-likeness (QED) is 0.911. The zero-order valence-corrected chi connectivity index (χ0v) is 13.5. The van der Waals surface area contributed by atoms with Crippen molar-refractivity contribution in [2.75, 3.05) is 20.6 Å². The number of aryl methyl sites for hydroxylation is 1. The summed E-state index contributed by atoms with van der Waals surface area (Å²) in [6.07, 6.45) is 3.87. The maximum Gasteiger partial charge on any atom is 0.332 e. The number of nitrogens with one attached hydrogen (secondary N) is 1. The zero-order valence-electron chi connectivity index (χ0n) is 13.5. The van der Waals surface area contributed by atoms with Crippen molar-refractivity contribution in [3.05, 3.63) is 35.1 Å². The second-order valence-electron chi connectivity index (χ2n) is 6.88. The van der Waals surface area contributed by atoms with Gasteiger partial charge >= 0.3 is 6.03 Å². The first kappa shape index (κ1) is 15.3. The molecule has 2 fully saturated rings. The third-order valence-corrected chi connectivity index (χ3v) is 5.06. The normalized spacial score (nSPS) is 28.5. The van der Waals surface area contributed by atoms with Crippen LogP contribution in [0, 0.1) is 12.7 Å². The number of carbonyl (C=O) groups is 1. The van der Waals surface area contributed by atoms with Crippen LogP contribution in [0.1, 0.15) is 42.7 Å². The Morgan fingerprint density at radius 1 is 1.27 bits per heavy atom. The Bertz CT molecular complexity index is 559. The third kappa shape index (κ3) is 2.58. The zero-order chi connectivity index (χ0) is 15.9. The van der Waals surface area contributed by atoms with Crippen LogP contribution in [0.5, 0.6) is 0 Å². The lowest BCUT2D eigenvalue weighted by Crippen LogP contribution is -2.55. The summed E-state index contributed by atoms with van der Waals surface area (Å²) in [6.45, 7) is 2.64. The number of benzene rings is 1. The van der Waals surface area contributed by atoms with Crippen molar-refractivity contribution in [3.8, 4) is 0 Å². The van der Waals surface area contributed by atoms with Crippen molar-refractivity contribution < 1.29 is 9.18 Å². The highest BCUT2D eigenvalue weighted by Crippen LogP contribution is 2.43. The standard InChI is InChI=1S/C17H24FN3O/c1-12-8-14(10-15(18)9-12)13-4-6-17(7-5-13)11-19-16(22)21(17)20(2)3/h8-10,13H,4-7,11H2,1-3H3,(H,19,22). The van der Waals surface area contributed by atoms with Gasteiger partial charge in [-0.1, -0.05) is 6.07 Å². The second-order valence-corrected chi connectivity index (χ2v) is 6.88. The fraction of sp³-hybridized carbons (Fsp3) is 0.588. The van der Waals surface area contributed by atoms with Crippen molar-refractivity contribution in [1.29, 1.82) is 0 Å². The molecule has 0 radical (unpaired) electrons. The molecule has 22 heavy (non-hydrogen) atoms. The Morgan fingerprint density at radius 3 is 2.55 bits per heavy atom. The predicted molar refractivity (Wildman–Crippen MR) is 84.0 cm³/mol. The molecule has 1 aromatic rings. The molecule has 1 aliphatic carbocycles. The molecule has 0 bridgehead atoms. The number of hydrazine groups is 1. The minimum Gasteiger partial charge on any atom is -0.334 e. The molecule has 1 heterocycles. The van der Waals surface area contributed by atoms with E-state index in [1.807, 2.05) is 31.0 Å². The first-order valence-electron chi connectivity index (χ1n) is 7.94. The molecule has 0 atom stereocenters. The molecule has 0 unspecified atom stereocenters. The molecule has 1 aromatic carbocycles. The van der Waals surface area contributed by atoms with Crippen LogP contribution >= 0.6 is 0 Å². The summed E-state index contributed by atoms with van der Waals surface area (Å²) in [5.74, 6) is 0.239. The van der Waals surface area contributed by atoms with E-state index in [0.717, 1.165) is 36.8 Å². The molecule has 2 aliphatic rings. The Morgan fingerprint density at radius 2 is 1.95 bits per heavy atom. The Labute approximate surface area is 131 Å². The number of halogens is 1. The molecule has 0 aromatic heterocycles. The second kappa shape index (κ2) is 5.54. The lowest BCUT2D eigenvalue weighted by Gasteiger charge is -2.44.